The van der Waals surface area contributed by atoms with Crippen molar-refractivity contribution in [1.82, 2.24) is 15.5 Å². The number of aliphatic imine (C=N–C) groups is 1. The van der Waals surface area contributed by atoms with Crippen molar-refractivity contribution >= 4 is 39.8 Å². The Bertz CT molecular complexity index is 484. The predicted molar refractivity (Wildman–Crippen MR) is 110 cm³/mol. The van der Waals surface area contributed by atoms with E-state index in [9.17, 15) is 8.42 Å². The molecule has 2 aliphatic heterocycles. The molecule has 25 heavy (non-hydrogen) atoms. The third-order valence-electron chi connectivity index (χ3n) is 4.24. The fraction of sp³-hybridized carbons (Fsp3) is 0.933. The largest absolute Gasteiger partial charge is 0.379 e. The summed E-state index contributed by atoms with van der Waals surface area (Å²) in [7, 11) is -1.06. The van der Waals surface area contributed by atoms with Crippen molar-refractivity contribution in [2.24, 2.45) is 4.99 Å². The SMILES string of the molecule is CN=C(NCCCOC1CCOC1)NCCN1CCS(=O)(=O)CC1.I. The van der Waals surface area contributed by atoms with Crippen LogP contribution in [0, 0.1) is 0 Å². The van der Waals surface area contributed by atoms with Gasteiger partial charge in [-0.1, -0.05) is 0 Å². The van der Waals surface area contributed by atoms with E-state index in [2.05, 4.69) is 20.5 Å². The average Bonchev–Trinajstić information content (AvgIpc) is 3.07. The molecule has 2 N–H and O–H groups in total. The van der Waals surface area contributed by atoms with E-state index in [1.165, 1.54) is 0 Å². The van der Waals surface area contributed by atoms with Crippen molar-refractivity contribution in [3.05, 3.63) is 0 Å². The Balaban J connectivity index is 0.00000312. The fourth-order valence-corrected chi connectivity index (χ4v) is 3.98. The minimum absolute atomic E-state index is 0. The van der Waals surface area contributed by atoms with E-state index in [1.807, 2.05) is 0 Å². The molecule has 2 rings (SSSR count). The van der Waals surface area contributed by atoms with Crippen molar-refractivity contribution in [2.75, 3.05) is 71.1 Å². The van der Waals surface area contributed by atoms with Gasteiger partial charge in [0.15, 0.2) is 15.8 Å². The summed E-state index contributed by atoms with van der Waals surface area (Å²) in [5.41, 5.74) is 0. The molecule has 2 fully saturated rings. The van der Waals surface area contributed by atoms with Gasteiger partial charge in [-0.3, -0.25) is 9.89 Å². The van der Waals surface area contributed by atoms with Crippen molar-refractivity contribution in [3.63, 3.8) is 0 Å². The first-order chi connectivity index (χ1) is 11.6. The van der Waals surface area contributed by atoms with Crippen LogP contribution in [0.4, 0.5) is 0 Å². The van der Waals surface area contributed by atoms with Gasteiger partial charge in [0.25, 0.3) is 0 Å². The van der Waals surface area contributed by atoms with E-state index in [1.54, 1.807) is 7.05 Å². The summed E-state index contributed by atoms with van der Waals surface area (Å²) in [5, 5.41) is 6.52. The van der Waals surface area contributed by atoms with Gasteiger partial charge < -0.3 is 20.1 Å². The number of rotatable bonds is 8. The molecule has 0 radical (unpaired) electrons. The third kappa shape index (κ3) is 9.36. The predicted octanol–water partition coefficient (Wildman–Crippen LogP) is -0.305. The fourth-order valence-electron chi connectivity index (χ4n) is 2.70. The summed E-state index contributed by atoms with van der Waals surface area (Å²) in [5.74, 6) is 1.31. The van der Waals surface area contributed by atoms with Crippen LogP contribution in [0.2, 0.25) is 0 Å². The highest BCUT2D eigenvalue weighted by molar-refractivity contribution is 14.0. The molecule has 0 aromatic carbocycles. The Morgan fingerprint density at radius 2 is 2.00 bits per heavy atom. The number of nitrogens with zero attached hydrogens (tertiary/aromatic N) is 2. The second kappa shape index (κ2) is 12.3. The monoisotopic (exact) mass is 490 g/mol. The molecule has 8 nitrogen and oxygen atoms in total. The molecule has 2 heterocycles. The van der Waals surface area contributed by atoms with Crippen LogP contribution < -0.4 is 10.6 Å². The van der Waals surface area contributed by atoms with E-state index < -0.39 is 9.84 Å². The van der Waals surface area contributed by atoms with Crippen molar-refractivity contribution in [3.8, 4) is 0 Å². The average molecular weight is 490 g/mol. The number of halogens is 1. The topological polar surface area (TPSA) is 92.3 Å². The lowest BCUT2D eigenvalue weighted by atomic mass is 10.3. The molecule has 2 aliphatic rings. The Hall–Kier alpha value is -0.170. The van der Waals surface area contributed by atoms with Gasteiger partial charge in [0.1, 0.15) is 0 Å². The lowest BCUT2D eigenvalue weighted by Crippen LogP contribution is -2.46. The molecule has 0 spiro atoms. The minimum Gasteiger partial charge on any atom is -0.379 e. The molecule has 148 valence electrons. The summed E-state index contributed by atoms with van der Waals surface area (Å²) in [6, 6.07) is 0. The molecule has 1 atom stereocenters. The van der Waals surface area contributed by atoms with Gasteiger partial charge in [-0.05, 0) is 12.8 Å². The Morgan fingerprint density at radius 1 is 1.28 bits per heavy atom. The quantitative estimate of drug-likeness (QED) is 0.209. The van der Waals surface area contributed by atoms with Crippen LogP contribution in [-0.2, 0) is 19.3 Å². The normalized spacial score (nSPS) is 23.9. The number of guanidine groups is 1. The third-order valence-corrected chi connectivity index (χ3v) is 5.85. The molecular weight excluding hydrogens is 459 g/mol. The number of nitrogens with one attached hydrogen (secondary N) is 2. The van der Waals surface area contributed by atoms with Crippen LogP contribution in [-0.4, -0.2) is 96.5 Å². The molecule has 2 saturated heterocycles. The number of ether oxygens (including phenoxy) is 2. The maximum Gasteiger partial charge on any atom is 0.191 e. The van der Waals surface area contributed by atoms with Crippen molar-refractivity contribution in [2.45, 2.75) is 18.9 Å². The Morgan fingerprint density at radius 3 is 2.64 bits per heavy atom. The van der Waals surface area contributed by atoms with Crippen LogP contribution in [0.25, 0.3) is 0 Å². The van der Waals surface area contributed by atoms with E-state index in [0.29, 0.717) is 19.7 Å². The maximum absolute atomic E-state index is 11.4. The first kappa shape index (κ1) is 22.9. The first-order valence-corrected chi connectivity index (χ1v) is 10.5. The van der Waals surface area contributed by atoms with Crippen molar-refractivity contribution < 1.29 is 17.9 Å². The molecule has 0 aromatic heterocycles. The molecule has 0 aliphatic carbocycles. The smallest absolute Gasteiger partial charge is 0.191 e. The zero-order chi connectivity index (χ0) is 17.3. The summed E-state index contributed by atoms with van der Waals surface area (Å²) in [6.45, 7) is 5.86. The molecular formula is C15H31IN4O4S. The van der Waals surface area contributed by atoms with Gasteiger partial charge in [-0.2, -0.15) is 0 Å². The van der Waals surface area contributed by atoms with E-state index >= 15 is 0 Å². The summed E-state index contributed by atoms with van der Waals surface area (Å²) >= 11 is 0. The summed E-state index contributed by atoms with van der Waals surface area (Å²) in [6.07, 6.45) is 2.17. The molecule has 0 saturated carbocycles. The van der Waals surface area contributed by atoms with Crippen molar-refractivity contribution in [1.29, 1.82) is 0 Å². The van der Waals surface area contributed by atoms with Gasteiger partial charge in [-0.15, -0.1) is 24.0 Å². The van der Waals surface area contributed by atoms with E-state index in [4.69, 9.17) is 9.47 Å². The van der Waals surface area contributed by atoms with Gasteiger partial charge in [0.05, 0.1) is 24.2 Å². The van der Waals surface area contributed by atoms with Gasteiger partial charge in [0, 0.05) is 53.0 Å². The summed E-state index contributed by atoms with van der Waals surface area (Å²) in [4.78, 5) is 6.35. The van der Waals surface area contributed by atoms with Crippen LogP contribution in [0.3, 0.4) is 0 Å². The van der Waals surface area contributed by atoms with Gasteiger partial charge >= 0.3 is 0 Å². The van der Waals surface area contributed by atoms with Crippen LogP contribution in [0.15, 0.2) is 4.99 Å². The Labute approximate surface area is 168 Å². The minimum atomic E-state index is -2.80. The second-order valence-corrected chi connectivity index (χ2v) is 8.43. The summed E-state index contributed by atoms with van der Waals surface area (Å²) < 4.78 is 33.8. The lowest BCUT2D eigenvalue weighted by Gasteiger charge is -2.26. The van der Waals surface area contributed by atoms with Gasteiger partial charge in [-0.25, -0.2) is 8.42 Å². The van der Waals surface area contributed by atoms with Crippen LogP contribution >= 0.6 is 24.0 Å². The maximum atomic E-state index is 11.4. The molecule has 0 bridgehead atoms. The highest BCUT2D eigenvalue weighted by Crippen LogP contribution is 2.07. The zero-order valence-electron chi connectivity index (χ0n) is 14.9. The highest BCUT2D eigenvalue weighted by atomic mass is 127. The van der Waals surface area contributed by atoms with E-state index in [-0.39, 0.29) is 41.6 Å². The van der Waals surface area contributed by atoms with Crippen LogP contribution in [0.5, 0.6) is 0 Å². The second-order valence-electron chi connectivity index (χ2n) is 6.13. The number of hydrogen-bond donors (Lipinski definition) is 2. The first-order valence-electron chi connectivity index (χ1n) is 8.66. The standard InChI is InChI=1S/C15H30N4O4S.HI/c1-16-15(17-4-2-9-23-14-3-10-22-13-14)18-5-6-19-7-11-24(20,21)12-8-19;/h14H,2-13H2,1H3,(H2,16,17,18);1H. The molecule has 0 amide bonds. The lowest BCUT2D eigenvalue weighted by molar-refractivity contribution is 0.0420. The number of sulfone groups is 1. The highest BCUT2D eigenvalue weighted by Gasteiger charge is 2.20. The molecule has 0 aromatic rings. The zero-order valence-corrected chi connectivity index (χ0v) is 18.1. The van der Waals surface area contributed by atoms with Gasteiger partial charge in [0.2, 0.25) is 0 Å². The van der Waals surface area contributed by atoms with E-state index in [0.717, 1.165) is 51.6 Å². The Kier molecular flexibility index (Phi) is 11.2. The molecule has 10 heteroatoms. The number of hydrogen-bond acceptors (Lipinski definition) is 6. The van der Waals surface area contributed by atoms with Crippen LogP contribution in [0.1, 0.15) is 12.8 Å². The molecule has 1 unspecified atom stereocenters.